The van der Waals surface area contributed by atoms with E-state index in [1.807, 2.05) is 0 Å². The minimum atomic E-state index is -0.374. The summed E-state index contributed by atoms with van der Waals surface area (Å²) in [5, 5.41) is 6.94. The number of hydrogen-bond donors (Lipinski definition) is 1. The maximum atomic E-state index is 13.0. The lowest BCUT2D eigenvalue weighted by atomic mass is 10.1. The normalized spacial score (nSPS) is 13.1. The van der Waals surface area contributed by atoms with Crippen molar-refractivity contribution in [3.8, 4) is 5.75 Å². The van der Waals surface area contributed by atoms with Gasteiger partial charge in [-0.2, -0.15) is 0 Å². The fraction of sp³-hybridized carbons (Fsp3) is 0.263. The van der Waals surface area contributed by atoms with Crippen LogP contribution in [0.15, 0.2) is 33.3 Å². The zero-order valence-corrected chi connectivity index (χ0v) is 18.1. The third-order valence-corrected chi connectivity index (χ3v) is 6.19. The van der Waals surface area contributed by atoms with Gasteiger partial charge in [0.15, 0.2) is 10.8 Å². The molecule has 4 rings (SSSR count). The van der Waals surface area contributed by atoms with Crippen LogP contribution in [0.3, 0.4) is 0 Å². The first kappa shape index (κ1) is 19.6. The molecule has 1 N–H and O–H groups in total. The van der Waals surface area contributed by atoms with E-state index < -0.39 is 0 Å². The molecule has 0 unspecified atom stereocenters. The van der Waals surface area contributed by atoms with Gasteiger partial charge in [-0.25, -0.2) is 4.98 Å². The van der Waals surface area contributed by atoms with Gasteiger partial charge in [0.1, 0.15) is 11.5 Å². The van der Waals surface area contributed by atoms with Gasteiger partial charge in [-0.05, 0) is 41.1 Å². The molecule has 0 bridgehead atoms. The Morgan fingerprint density at radius 2 is 2.17 bits per heavy atom. The quantitative estimate of drug-likeness (QED) is 0.616. The van der Waals surface area contributed by atoms with Gasteiger partial charge in [-0.1, -0.05) is 16.5 Å². The Morgan fingerprint density at radius 3 is 2.90 bits per heavy atom. The van der Waals surface area contributed by atoms with Crippen LogP contribution in [0.5, 0.6) is 5.75 Å². The van der Waals surface area contributed by atoms with Crippen LogP contribution < -0.4 is 10.1 Å². The van der Waals surface area contributed by atoms with E-state index in [0.29, 0.717) is 46.2 Å². The number of nitrogens with one attached hydrogen (secondary N) is 1. The summed E-state index contributed by atoms with van der Waals surface area (Å²) in [6, 6.07) is 6.88. The molecule has 0 radical (unpaired) electrons. The van der Waals surface area contributed by atoms with Gasteiger partial charge in [0.25, 0.3) is 11.8 Å². The van der Waals surface area contributed by atoms with Gasteiger partial charge >= 0.3 is 0 Å². The van der Waals surface area contributed by atoms with Crippen molar-refractivity contribution in [3.63, 3.8) is 0 Å². The molecule has 0 aliphatic carbocycles. The number of methoxy groups -OCH3 is 1. The monoisotopic (exact) mass is 476 g/mol. The van der Waals surface area contributed by atoms with E-state index in [4.69, 9.17) is 9.26 Å². The Balaban J connectivity index is 1.49. The van der Waals surface area contributed by atoms with E-state index in [2.05, 4.69) is 31.4 Å². The number of carbonyl (C=O) groups is 2. The van der Waals surface area contributed by atoms with Gasteiger partial charge in [-0.15, -0.1) is 0 Å². The highest BCUT2D eigenvalue weighted by Gasteiger charge is 2.27. The van der Waals surface area contributed by atoms with Crippen LogP contribution in [-0.2, 0) is 13.0 Å². The topological polar surface area (TPSA) is 97.6 Å². The number of amides is 2. The fourth-order valence-corrected chi connectivity index (χ4v) is 4.46. The first-order valence-corrected chi connectivity index (χ1v) is 10.4. The van der Waals surface area contributed by atoms with Crippen LogP contribution in [0.25, 0.3) is 0 Å². The lowest BCUT2D eigenvalue weighted by Gasteiger charge is -2.26. The molecule has 1 aliphatic heterocycles. The van der Waals surface area contributed by atoms with E-state index in [-0.39, 0.29) is 17.5 Å². The maximum absolute atomic E-state index is 13.0. The van der Waals surface area contributed by atoms with Gasteiger partial charge in [0, 0.05) is 28.4 Å². The Bertz CT molecular complexity index is 1090. The number of aryl methyl sites for hydroxylation is 1. The molecule has 2 amide bonds. The number of anilines is 1. The smallest absolute Gasteiger partial charge is 0.279 e. The average Bonchev–Trinajstić information content (AvgIpc) is 3.32. The van der Waals surface area contributed by atoms with Crippen LogP contribution in [0.4, 0.5) is 5.13 Å². The van der Waals surface area contributed by atoms with Gasteiger partial charge in [0.2, 0.25) is 0 Å². The molecule has 0 saturated heterocycles. The van der Waals surface area contributed by atoms with E-state index in [1.165, 1.54) is 11.3 Å². The first-order valence-electron chi connectivity index (χ1n) is 8.80. The molecule has 29 heavy (non-hydrogen) atoms. The van der Waals surface area contributed by atoms with Gasteiger partial charge in [0.05, 0.1) is 24.9 Å². The number of halogens is 1. The van der Waals surface area contributed by atoms with E-state index in [1.54, 1.807) is 43.2 Å². The van der Waals surface area contributed by atoms with Crippen molar-refractivity contribution in [1.29, 1.82) is 0 Å². The highest BCUT2D eigenvalue weighted by atomic mass is 79.9. The largest absolute Gasteiger partial charge is 0.497 e. The molecule has 3 heterocycles. The Morgan fingerprint density at radius 1 is 1.34 bits per heavy atom. The molecular weight excluding hydrogens is 460 g/mol. The minimum absolute atomic E-state index is 0.0847. The van der Waals surface area contributed by atoms with Crippen molar-refractivity contribution in [2.75, 3.05) is 19.0 Å². The van der Waals surface area contributed by atoms with Crippen molar-refractivity contribution in [1.82, 2.24) is 15.0 Å². The van der Waals surface area contributed by atoms with E-state index >= 15 is 0 Å². The summed E-state index contributed by atoms with van der Waals surface area (Å²) in [6.07, 6.45) is 0.623. The summed E-state index contributed by atoms with van der Waals surface area (Å²) in [5.74, 6) is 0.728. The van der Waals surface area contributed by atoms with Crippen LogP contribution in [0.1, 0.15) is 37.2 Å². The predicted molar refractivity (Wildman–Crippen MR) is 110 cm³/mol. The van der Waals surface area contributed by atoms with Crippen LogP contribution in [-0.4, -0.2) is 40.5 Å². The Labute approximate surface area is 179 Å². The molecule has 1 aromatic carbocycles. The molecule has 3 aromatic rings. The number of carbonyl (C=O) groups excluding carboxylic acids is 2. The summed E-state index contributed by atoms with van der Waals surface area (Å²) in [5.41, 5.74) is 1.65. The van der Waals surface area contributed by atoms with Gasteiger partial charge < -0.3 is 14.2 Å². The Hall–Kier alpha value is -2.72. The van der Waals surface area contributed by atoms with Gasteiger partial charge in [-0.3, -0.25) is 14.9 Å². The van der Waals surface area contributed by atoms with Crippen molar-refractivity contribution in [2.24, 2.45) is 0 Å². The van der Waals surface area contributed by atoms with Crippen LogP contribution in [0, 0.1) is 6.92 Å². The molecule has 0 fully saturated rings. The van der Waals surface area contributed by atoms with E-state index in [0.717, 1.165) is 10.6 Å². The number of thiazole rings is 1. The van der Waals surface area contributed by atoms with Crippen molar-refractivity contribution >= 4 is 44.2 Å². The number of hydrogen-bond acceptors (Lipinski definition) is 7. The number of ether oxygens (including phenoxy) is 1. The molecule has 0 spiro atoms. The lowest BCUT2D eigenvalue weighted by molar-refractivity contribution is 0.0734. The average molecular weight is 477 g/mol. The molecular formula is C19H17BrN4O4S. The summed E-state index contributed by atoms with van der Waals surface area (Å²) < 4.78 is 10.9. The predicted octanol–water partition coefficient (Wildman–Crippen LogP) is 3.66. The number of rotatable bonds is 4. The maximum Gasteiger partial charge on any atom is 0.279 e. The third-order valence-electron chi connectivity index (χ3n) is 4.50. The highest BCUT2D eigenvalue weighted by Crippen LogP contribution is 2.31. The summed E-state index contributed by atoms with van der Waals surface area (Å²) >= 11 is 4.80. The zero-order chi connectivity index (χ0) is 20.5. The standard InChI is InChI=1S/C19H17BrN4O4S/c1-10-7-15(23-28-10)17(25)22-19-21-14-5-6-24(9-16(14)29-19)18(26)12-8-11(27-2)3-4-13(12)20/h3-4,7-8H,5-6,9H2,1-2H3,(H,21,22,25). The zero-order valence-electron chi connectivity index (χ0n) is 15.7. The van der Waals surface area contributed by atoms with Crippen LogP contribution in [0.2, 0.25) is 0 Å². The molecule has 10 heteroatoms. The van der Waals surface area contributed by atoms with E-state index in [9.17, 15) is 9.59 Å². The second kappa shape index (κ2) is 7.96. The molecule has 0 saturated carbocycles. The summed E-state index contributed by atoms with van der Waals surface area (Å²) in [6.45, 7) is 2.71. The SMILES string of the molecule is COc1ccc(Br)c(C(=O)N2CCc3nc(NC(=O)c4cc(C)on4)sc3C2)c1. The molecule has 0 atom stereocenters. The molecule has 8 nitrogen and oxygen atoms in total. The number of benzene rings is 1. The summed E-state index contributed by atoms with van der Waals surface area (Å²) in [7, 11) is 1.57. The minimum Gasteiger partial charge on any atom is -0.497 e. The number of nitrogens with zero attached hydrogens (tertiary/aromatic N) is 3. The Kier molecular flexibility index (Phi) is 5.37. The molecule has 150 valence electrons. The lowest BCUT2D eigenvalue weighted by Crippen LogP contribution is -2.35. The first-order chi connectivity index (χ1) is 13.9. The number of fused-ring (bicyclic) bond motifs is 1. The van der Waals surface area contributed by atoms with Crippen LogP contribution >= 0.6 is 27.3 Å². The third kappa shape index (κ3) is 4.03. The van der Waals surface area contributed by atoms with Crippen molar-refractivity contribution in [2.45, 2.75) is 19.9 Å². The molecule has 2 aromatic heterocycles. The molecule has 1 aliphatic rings. The second-order valence-corrected chi connectivity index (χ2v) is 8.43. The number of aromatic nitrogens is 2. The van der Waals surface area contributed by atoms with Crippen molar-refractivity contribution < 1.29 is 18.8 Å². The summed E-state index contributed by atoms with van der Waals surface area (Å²) in [4.78, 5) is 32.5. The highest BCUT2D eigenvalue weighted by molar-refractivity contribution is 9.10. The fourth-order valence-electron chi connectivity index (χ4n) is 3.02. The van der Waals surface area contributed by atoms with Crippen molar-refractivity contribution in [3.05, 3.63) is 56.3 Å². The second-order valence-electron chi connectivity index (χ2n) is 6.49.